The predicted octanol–water partition coefficient (Wildman–Crippen LogP) is 4.56. The van der Waals surface area contributed by atoms with Crippen molar-refractivity contribution in [3.8, 4) is 11.8 Å². The van der Waals surface area contributed by atoms with E-state index in [1.165, 1.54) is 0 Å². The van der Waals surface area contributed by atoms with Gasteiger partial charge in [-0.3, -0.25) is 0 Å². The van der Waals surface area contributed by atoms with E-state index >= 15 is 0 Å². The van der Waals surface area contributed by atoms with E-state index in [4.69, 9.17) is 19.2 Å². The number of hydrogen-bond acceptors (Lipinski definition) is 8. The molecule has 2 aliphatic rings. The van der Waals surface area contributed by atoms with Gasteiger partial charge in [-0.1, -0.05) is 15.9 Å². The van der Waals surface area contributed by atoms with Gasteiger partial charge in [-0.2, -0.15) is 4.98 Å². The molecule has 8 nitrogen and oxygen atoms in total. The van der Waals surface area contributed by atoms with E-state index < -0.39 is 5.60 Å². The first-order chi connectivity index (χ1) is 18.3. The highest BCUT2D eigenvalue weighted by Gasteiger charge is 2.47. The highest BCUT2D eigenvalue weighted by atomic mass is 79.9. The molecule has 0 saturated carbocycles. The first kappa shape index (κ1) is 28.8. The van der Waals surface area contributed by atoms with Gasteiger partial charge in [-0.05, 0) is 94.5 Å². The lowest BCUT2D eigenvalue weighted by Crippen LogP contribution is -2.47. The number of piperidine rings is 1. The molecule has 2 N–H and O–H groups in total. The van der Waals surface area contributed by atoms with Gasteiger partial charge < -0.3 is 29.5 Å². The van der Waals surface area contributed by atoms with Crippen LogP contribution in [-0.4, -0.2) is 75.9 Å². The number of nitrogens with zero attached hydrogens (tertiary/aromatic N) is 3. The minimum atomic E-state index is -1.20. The maximum absolute atomic E-state index is 12.9. The van der Waals surface area contributed by atoms with Gasteiger partial charge in [-0.15, -0.1) is 0 Å². The molecule has 0 spiro atoms. The fourth-order valence-electron chi connectivity index (χ4n) is 5.91. The maximum atomic E-state index is 12.9. The number of ether oxygens (including phenoxy) is 3. The van der Waals surface area contributed by atoms with Crippen LogP contribution in [0.5, 0.6) is 11.8 Å². The summed E-state index contributed by atoms with van der Waals surface area (Å²) < 4.78 is 18.0. The van der Waals surface area contributed by atoms with Crippen molar-refractivity contribution in [1.82, 2.24) is 15.2 Å². The molecule has 1 saturated heterocycles. The summed E-state index contributed by atoms with van der Waals surface area (Å²) in [4.78, 5) is 11.5. The summed E-state index contributed by atoms with van der Waals surface area (Å²) in [6, 6.07) is 9.87. The van der Waals surface area contributed by atoms with E-state index in [1.54, 1.807) is 21.3 Å². The summed E-state index contributed by atoms with van der Waals surface area (Å²) in [6.45, 7) is 2.70. The Morgan fingerprint density at radius 3 is 2.37 bits per heavy atom. The number of aromatic nitrogens is 1. The van der Waals surface area contributed by atoms with E-state index in [-0.39, 0.29) is 11.8 Å². The lowest BCUT2D eigenvalue weighted by atomic mass is 9.66. The maximum Gasteiger partial charge on any atom is 0.216 e. The SMILES string of the molecule is COC1=Nc2ccc(Br)cc2CC1C(CC1CCNCC1)C(O)(CCN(C)C)c1cc(OC)nc(OC)c1. The normalized spacial score (nSPS) is 20.3. The second-order valence-electron chi connectivity index (χ2n) is 10.7. The largest absolute Gasteiger partial charge is 0.484 e. The van der Waals surface area contributed by atoms with Crippen molar-refractivity contribution in [3.05, 3.63) is 45.9 Å². The van der Waals surface area contributed by atoms with E-state index in [0.29, 0.717) is 36.5 Å². The van der Waals surface area contributed by atoms with Crippen molar-refractivity contribution in [2.45, 2.75) is 37.7 Å². The average Bonchev–Trinajstić information content (AvgIpc) is 2.94. The zero-order valence-electron chi connectivity index (χ0n) is 23.2. The first-order valence-electron chi connectivity index (χ1n) is 13.4. The number of benzene rings is 1. The average molecular weight is 590 g/mol. The van der Waals surface area contributed by atoms with Gasteiger partial charge in [0.2, 0.25) is 11.8 Å². The molecule has 4 rings (SSSR count). The minimum Gasteiger partial charge on any atom is -0.484 e. The Morgan fingerprint density at radius 1 is 1.08 bits per heavy atom. The summed E-state index contributed by atoms with van der Waals surface area (Å²) in [5.74, 6) is 1.74. The van der Waals surface area contributed by atoms with E-state index in [2.05, 4.69) is 37.2 Å². The standard InChI is InChI=1S/C29H41BrN4O4/c1-34(2)13-10-29(35,21-17-26(36-3)33-27(18-21)37-4)24(14-19-8-11-31-12-9-19)23-16-20-15-22(30)6-7-25(20)32-28(23)38-5/h6-7,15,17-19,23-24,31,35H,8-14,16H2,1-5H3. The Labute approximate surface area is 234 Å². The fourth-order valence-corrected chi connectivity index (χ4v) is 6.32. The van der Waals surface area contributed by atoms with Crippen LogP contribution in [0, 0.1) is 17.8 Å². The summed E-state index contributed by atoms with van der Waals surface area (Å²) >= 11 is 3.63. The van der Waals surface area contributed by atoms with Gasteiger partial charge in [0.15, 0.2) is 5.90 Å². The Kier molecular flexibility index (Phi) is 9.68. The molecule has 0 amide bonds. The Hall–Kier alpha value is -2.20. The zero-order valence-corrected chi connectivity index (χ0v) is 24.8. The molecule has 3 heterocycles. The van der Waals surface area contributed by atoms with Crippen LogP contribution in [0.25, 0.3) is 0 Å². The van der Waals surface area contributed by atoms with Crippen molar-refractivity contribution >= 4 is 27.5 Å². The van der Waals surface area contributed by atoms with Gasteiger partial charge in [0.25, 0.3) is 0 Å². The topological polar surface area (TPSA) is 88.4 Å². The van der Waals surface area contributed by atoms with Crippen LogP contribution in [-0.2, 0) is 16.8 Å². The van der Waals surface area contributed by atoms with Gasteiger partial charge >= 0.3 is 0 Å². The molecule has 38 heavy (non-hydrogen) atoms. The van der Waals surface area contributed by atoms with Crippen molar-refractivity contribution in [1.29, 1.82) is 0 Å². The van der Waals surface area contributed by atoms with Crippen LogP contribution in [0.2, 0.25) is 0 Å². The molecule has 2 aliphatic heterocycles. The Bertz CT molecular complexity index is 1100. The first-order valence-corrected chi connectivity index (χ1v) is 14.2. The van der Waals surface area contributed by atoms with E-state index in [9.17, 15) is 5.11 Å². The molecule has 9 heteroatoms. The molecule has 3 unspecified atom stereocenters. The number of methoxy groups -OCH3 is 3. The number of nitrogens with one attached hydrogen (secondary N) is 1. The van der Waals surface area contributed by atoms with Gasteiger partial charge in [0.05, 0.1) is 32.6 Å². The van der Waals surface area contributed by atoms with Gasteiger partial charge in [-0.25, -0.2) is 4.99 Å². The monoisotopic (exact) mass is 588 g/mol. The third-order valence-electron chi connectivity index (χ3n) is 8.02. The summed E-state index contributed by atoms with van der Waals surface area (Å²) in [5.41, 5.74) is 1.62. The molecule has 0 radical (unpaired) electrons. The van der Waals surface area contributed by atoms with Crippen LogP contribution in [0.1, 0.15) is 36.8 Å². The lowest BCUT2D eigenvalue weighted by Gasteiger charge is -2.44. The van der Waals surface area contributed by atoms with Crippen molar-refractivity contribution in [2.24, 2.45) is 22.7 Å². The molecular formula is C29H41BrN4O4. The number of aliphatic imine (C=N–C) groups is 1. The predicted molar refractivity (Wildman–Crippen MR) is 154 cm³/mol. The van der Waals surface area contributed by atoms with Gasteiger partial charge in [0, 0.05) is 35.0 Å². The number of fused-ring (bicyclic) bond motifs is 1. The lowest BCUT2D eigenvalue weighted by molar-refractivity contribution is -0.0629. The van der Waals surface area contributed by atoms with Crippen molar-refractivity contribution in [2.75, 3.05) is 55.1 Å². The molecular weight excluding hydrogens is 548 g/mol. The second-order valence-corrected chi connectivity index (χ2v) is 11.6. The summed E-state index contributed by atoms with van der Waals surface area (Å²) in [5, 5.41) is 16.4. The van der Waals surface area contributed by atoms with Crippen LogP contribution in [0.15, 0.2) is 39.8 Å². The summed E-state index contributed by atoms with van der Waals surface area (Å²) in [6.07, 6.45) is 4.29. The third-order valence-corrected chi connectivity index (χ3v) is 8.51. The number of pyridine rings is 1. The van der Waals surface area contributed by atoms with Crippen LogP contribution >= 0.6 is 15.9 Å². The Morgan fingerprint density at radius 2 is 1.76 bits per heavy atom. The molecule has 0 bridgehead atoms. The van der Waals surface area contributed by atoms with E-state index in [1.807, 2.05) is 38.4 Å². The summed E-state index contributed by atoms with van der Waals surface area (Å²) in [7, 11) is 8.93. The van der Waals surface area contributed by atoms with E-state index in [0.717, 1.165) is 60.1 Å². The highest BCUT2D eigenvalue weighted by molar-refractivity contribution is 9.10. The number of hydrogen-bond donors (Lipinski definition) is 2. The van der Waals surface area contributed by atoms with Crippen LogP contribution in [0.3, 0.4) is 0 Å². The minimum absolute atomic E-state index is 0.103. The zero-order chi connectivity index (χ0) is 27.3. The molecule has 1 aromatic carbocycles. The van der Waals surface area contributed by atoms with Crippen molar-refractivity contribution in [3.63, 3.8) is 0 Å². The van der Waals surface area contributed by atoms with Crippen molar-refractivity contribution < 1.29 is 19.3 Å². The number of rotatable bonds is 10. The molecule has 0 aliphatic carbocycles. The molecule has 208 valence electrons. The highest BCUT2D eigenvalue weighted by Crippen LogP contribution is 2.47. The number of halogens is 1. The van der Waals surface area contributed by atoms with Gasteiger partial charge in [0.1, 0.15) is 0 Å². The van der Waals surface area contributed by atoms with Crippen LogP contribution in [0.4, 0.5) is 5.69 Å². The fraction of sp³-hybridized carbons (Fsp3) is 0.586. The molecule has 3 atom stereocenters. The molecule has 1 fully saturated rings. The molecule has 2 aromatic rings. The second kappa shape index (κ2) is 12.8. The third kappa shape index (κ3) is 6.50. The smallest absolute Gasteiger partial charge is 0.216 e. The number of aliphatic hydroxyl groups is 1. The Balaban J connectivity index is 1.85. The molecule has 1 aromatic heterocycles. The van der Waals surface area contributed by atoms with Crippen LogP contribution < -0.4 is 14.8 Å². The quantitative estimate of drug-likeness (QED) is 0.420.